The van der Waals surface area contributed by atoms with Crippen LogP contribution in [0.2, 0.25) is 0 Å². The van der Waals surface area contributed by atoms with Gasteiger partial charge in [0.15, 0.2) is 11.6 Å². The van der Waals surface area contributed by atoms with E-state index in [0.717, 1.165) is 48.6 Å². The van der Waals surface area contributed by atoms with Gasteiger partial charge in [0.25, 0.3) is 0 Å². The van der Waals surface area contributed by atoms with Crippen LogP contribution in [0, 0.1) is 0 Å². The van der Waals surface area contributed by atoms with Crippen molar-refractivity contribution in [1.82, 2.24) is 20.0 Å². The molecule has 1 heterocycles. The van der Waals surface area contributed by atoms with Crippen LogP contribution >= 0.6 is 0 Å². The van der Waals surface area contributed by atoms with Crippen molar-refractivity contribution in [2.24, 2.45) is 0 Å². The van der Waals surface area contributed by atoms with Gasteiger partial charge in [-0.25, -0.2) is 0 Å². The van der Waals surface area contributed by atoms with Crippen LogP contribution in [0.4, 0.5) is 11.6 Å². The Bertz CT molecular complexity index is 803. The van der Waals surface area contributed by atoms with Gasteiger partial charge in [0.1, 0.15) is 0 Å². The second-order valence-electron chi connectivity index (χ2n) is 7.10. The number of nitrogens with one attached hydrogen (secondary N) is 2. The quantitative estimate of drug-likeness (QED) is 0.608. The average Bonchev–Trinajstić information content (AvgIpc) is 2.61. The van der Waals surface area contributed by atoms with Gasteiger partial charge in [-0.1, -0.05) is 24.3 Å². The first-order valence-corrected chi connectivity index (χ1v) is 9.01. The standard InChI is InChI=1S/C20H28N6/c1-25(2)11-9-21-19-17-13-15-7-5-6-8-16(15)14-18(17)20(24-23-19)22-10-12-26(3)4/h5-8,13-14H,9-12H2,1-4H3,(H,21,23)(H,22,24). The molecule has 0 aliphatic carbocycles. The molecule has 0 amide bonds. The Kier molecular flexibility index (Phi) is 5.85. The summed E-state index contributed by atoms with van der Waals surface area (Å²) >= 11 is 0. The average molecular weight is 352 g/mol. The van der Waals surface area contributed by atoms with Crippen LogP contribution in [0.1, 0.15) is 0 Å². The van der Waals surface area contributed by atoms with Gasteiger partial charge in [0.05, 0.1) is 0 Å². The van der Waals surface area contributed by atoms with Gasteiger partial charge >= 0.3 is 0 Å². The minimum absolute atomic E-state index is 0.830. The normalized spacial score (nSPS) is 11.6. The highest BCUT2D eigenvalue weighted by Gasteiger charge is 2.11. The Morgan fingerprint density at radius 3 is 1.54 bits per heavy atom. The van der Waals surface area contributed by atoms with Crippen LogP contribution in [0.3, 0.4) is 0 Å². The molecule has 2 N–H and O–H groups in total. The summed E-state index contributed by atoms with van der Waals surface area (Å²) in [4.78, 5) is 4.30. The lowest BCUT2D eigenvalue weighted by atomic mass is 10.0. The molecular weight excluding hydrogens is 324 g/mol. The van der Waals surface area contributed by atoms with Crippen molar-refractivity contribution in [2.45, 2.75) is 0 Å². The van der Waals surface area contributed by atoms with Crippen molar-refractivity contribution in [3.8, 4) is 0 Å². The molecule has 0 fully saturated rings. The maximum absolute atomic E-state index is 4.45. The minimum Gasteiger partial charge on any atom is -0.367 e. The topological polar surface area (TPSA) is 56.3 Å². The van der Waals surface area contributed by atoms with E-state index in [2.05, 4.69) is 95.2 Å². The fourth-order valence-corrected chi connectivity index (χ4v) is 2.90. The van der Waals surface area contributed by atoms with Gasteiger partial charge < -0.3 is 20.4 Å². The van der Waals surface area contributed by atoms with E-state index < -0.39 is 0 Å². The van der Waals surface area contributed by atoms with Crippen LogP contribution in [0.25, 0.3) is 21.5 Å². The third-order valence-corrected chi connectivity index (χ3v) is 4.35. The molecule has 6 heteroatoms. The van der Waals surface area contributed by atoms with Crippen LogP contribution in [0.15, 0.2) is 36.4 Å². The Morgan fingerprint density at radius 2 is 1.15 bits per heavy atom. The maximum atomic E-state index is 4.45. The Morgan fingerprint density at radius 1 is 0.731 bits per heavy atom. The van der Waals surface area contributed by atoms with Gasteiger partial charge in [-0.05, 0) is 51.1 Å². The lowest BCUT2D eigenvalue weighted by Crippen LogP contribution is -2.22. The Hall–Kier alpha value is -2.44. The van der Waals surface area contributed by atoms with Gasteiger partial charge in [-0.2, -0.15) is 0 Å². The highest BCUT2D eigenvalue weighted by Crippen LogP contribution is 2.30. The zero-order valence-electron chi connectivity index (χ0n) is 16.1. The molecule has 3 rings (SSSR count). The number of likely N-dealkylation sites (N-methyl/N-ethyl adjacent to an activating group) is 2. The van der Waals surface area contributed by atoms with Crippen LogP contribution in [0.5, 0.6) is 0 Å². The van der Waals surface area contributed by atoms with E-state index in [1.165, 1.54) is 10.8 Å². The van der Waals surface area contributed by atoms with Crippen molar-refractivity contribution in [3.63, 3.8) is 0 Å². The van der Waals surface area contributed by atoms with E-state index in [-0.39, 0.29) is 0 Å². The smallest absolute Gasteiger partial charge is 0.156 e. The third-order valence-electron chi connectivity index (χ3n) is 4.35. The highest BCUT2D eigenvalue weighted by atomic mass is 15.2. The van der Waals surface area contributed by atoms with E-state index >= 15 is 0 Å². The van der Waals surface area contributed by atoms with Gasteiger partial charge in [0, 0.05) is 37.0 Å². The molecule has 0 saturated heterocycles. The molecule has 1 aromatic heterocycles. The molecule has 138 valence electrons. The Balaban J connectivity index is 1.98. The molecule has 0 bridgehead atoms. The van der Waals surface area contributed by atoms with Crippen molar-refractivity contribution in [1.29, 1.82) is 0 Å². The number of fused-ring (bicyclic) bond motifs is 2. The fourth-order valence-electron chi connectivity index (χ4n) is 2.90. The molecule has 0 saturated carbocycles. The molecule has 0 unspecified atom stereocenters. The van der Waals surface area contributed by atoms with E-state index in [1.54, 1.807) is 0 Å². The van der Waals surface area contributed by atoms with Crippen LogP contribution in [-0.4, -0.2) is 74.4 Å². The molecule has 2 aromatic carbocycles. The lowest BCUT2D eigenvalue weighted by Gasteiger charge is -2.15. The summed E-state index contributed by atoms with van der Waals surface area (Å²) in [5, 5.41) is 20.4. The van der Waals surface area contributed by atoms with E-state index in [4.69, 9.17) is 0 Å². The second kappa shape index (κ2) is 8.29. The third kappa shape index (κ3) is 4.39. The van der Waals surface area contributed by atoms with Crippen molar-refractivity contribution < 1.29 is 0 Å². The van der Waals surface area contributed by atoms with E-state index in [1.807, 2.05) is 0 Å². The largest absolute Gasteiger partial charge is 0.367 e. The van der Waals surface area contributed by atoms with Gasteiger partial charge in [-0.3, -0.25) is 0 Å². The summed E-state index contributed by atoms with van der Waals surface area (Å²) < 4.78 is 0. The molecule has 6 nitrogen and oxygen atoms in total. The molecule has 0 aliphatic heterocycles. The molecule has 0 atom stereocenters. The monoisotopic (exact) mass is 352 g/mol. The zero-order chi connectivity index (χ0) is 18.5. The molecule has 3 aromatic rings. The number of aromatic nitrogens is 2. The number of hydrogen-bond donors (Lipinski definition) is 2. The molecule has 26 heavy (non-hydrogen) atoms. The van der Waals surface area contributed by atoms with Crippen LogP contribution in [-0.2, 0) is 0 Å². The van der Waals surface area contributed by atoms with Crippen molar-refractivity contribution in [3.05, 3.63) is 36.4 Å². The summed E-state index contributed by atoms with van der Waals surface area (Å²) in [7, 11) is 8.26. The zero-order valence-corrected chi connectivity index (χ0v) is 16.1. The minimum atomic E-state index is 0.830. The molecule has 0 spiro atoms. The summed E-state index contributed by atoms with van der Waals surface area (Å²) in [6.07, 6.45) is 0. The number of rotatable bonds is 8. The van der Waals surface area contributed by atoms with E-state index in [9.17, 15) is 0 Å². The summed E-state index contributed by atoms with van der Waals surface area (Å²) in [5.74, 6) is 1.68. The predicted octanol–water partition coefficient (Wildman–Crippen LogP) is 2.73. The SMILES string of the molecule is CN(C)CCNc1nnc(NCCN(C)C)c2cc3ccccc3cc12. The van der Waals surface area contributed by atoms with Crippen molar-refractivity contribution in [2.75, 3.05) is 65.0 Å². The number of hydrogen-bond acceptors (Lipinski definition) is 6. The van der Waals surface area contributed by atoms with Gasteiger partial charge in [-0.15, -0.1) is 10.2 Å². The number of anilines is 2. The number of benzene rings is 2. The lowest BCUT2D eigenvalue weighted by molar-refractivity contribution is 0.425. The van der Waals surface area contributed by atoms with Crippen molar-refractivity contribution >= 4 is 33.2 Å². The predicted molar refractivity (Wildman–Crippen MR) is 111 cm³/mol. The Labute approximate surface area is 155 Å². The first-order valence-electron chi connectivity index (χ1n) is 9.01. The van der Waals surface area contributed by atoms with Crippen LogP contribution < -0.4 is 10.6 Å². The fraction of sp³-hybridized carbons (Fsp3) is 0.400. The highest BCUT2D eigenvalue weighted by molar-refractivity contribution is 6.06. The maximum Gasteiger partial charge on any atom is 0.156 e. The second-order valence-corrected chi connectivity index (χ2v) is 7.10. The first kappa shape index (κ1) is 18.4. The number of nitrogens with zero attached hydrogens (tertiary/aromatic N) is 4. The van der Waals surface area contributed by atoms with Gasteiger partial charge in [0.2, 0.25) is 0 Å². The first-order chi connectivity index (χ1) is 12.5. The summed E-state index contributed by atoms with van der Waals surface area (Å²) in [5.41, 5.74) is 0. The molecule has 0 aliphatic rings. The summed E-state index contributed by atoms with van der Waals surface area (Å²) in [6, 6.07) is 12.8. The summed E-state index contributed by atoms with van der Waals surface area (Å²) in [6.45, 7) is 3.55. The van der Waals surface area contributed by atoms with E-state index in [0.29, 0.717) is 0 Å². The molecular formula is C20H28N6. The molecule has 0 radical (unpaired) electrons.